The first-order chi connectivity index (χ1) is 9.89. The van der Waals surface area contributed by atoms with E-state index in [1.807, 2.05) is 25.1 Å². The van der Waals surface area contributed by atoms with Gasteiger partial charge in [-0.25, -0.2) is 0 Å². The summed E-state index contributed by atoms with van der Waals surface area (Å²) in [6.07, 6.45) is 2.84. The second-order valence-corrected chi connectivity index (χ2v) is 7.85. The lowest BCUT2D eigenvalue weighted by atomic mass is 10.1. The Morgan fingerprint density at radius 3 is 2.38 bits per heavy atom. The van der Waals surface area contributed by atoms with E-state index < -0.39 is 9.96 Å². The molecule has 1 aliphatic rings. The van der Waals surface area contributed by atoms with E-state index in [0.717, 1.165) is 36.4 Å². The monoisotopic (exact) mass is 349 g/mol. The van der Waals surface area contributed by atoms with Crippen molar-refractivity contribution >= 4 is 40.7 Å². The van der Waals surface area contributed by atoms with Crippen LogP contribution in [-0.4, -0.2) is 29.0 Å². The van der Waals surface area contributed by atoms with Crippen LogP contribution in [0.2, 0.25) is 0 Å². The first kappa shape index (κ1) is 16.9. The molecule has 0 bridgehead atoms. The molecule has 0 aromatic heterocycles. The number of amides is 1. The Kier molecular flexibility index (Phi) is 5.78. The Labute approximate surface area is 140 Å². The van der Waals surface area contributed by atoms with E-state index in [2.05, 4.69) is 5.32 Å². The van der Waals surface area contributed by atoms with Gasteiger partial charge in [0.05, 0.1) is 13.1 Å². The number of nitrogens with one attached hydrogen (secondary N) is 2. The summed E-state index contributed by atoms with van der Waals surface area (Å²) >= 11 is 18.3. The number of likely N-dealkylation sites (tertiary alicyclic amines) is 1. The van der Waals surface area contributed by atoms with E-state index in [4.69, 9.17) is 34.8 Å². The molecular weight excluding hydrogens is 331 g/mol. The van der Waals surface area contributed by atoms with E-state index in [1.165, 1.54) is 6.42 Å². The van der Waals surface area contributed by atoms with Gasteiger partial charge in [-0.1, -0.05) is 53.0 Å². The first-order valence-electron chi connectivity index (χ1n) is 7.17. The number of halogens is 3. The molecule has 1 saturated heterocycles. The molecular formula is C15H20Cl3N2O+. The first-order valence-corrected chi connectivity index (χ1v) is 8.31. The van der Waals surface area contributed by atoms with Crippen molar-refractivity contribution in [3.05, 3.63) is 35.4 Å². The van der Waals surface area contributed by atoms with Gasteiger partial charge in [-0.2, -0.15) is 0 Å². The van der Waals surface area contributed by atoms with Crippen molar-refractivity contribution in [3.8, 4) is 0 Å². The highest BCUT2D eigenvalue weighted by atomic mass is 35.6. The molecule has 2 N–H and O–H groups in total. The number of carbonyl (C=O) groups is 1. The van der Waals surface area contributed by atoms with Gasteiger partial charge in [0.1, 0.15) is 0 Å². The molecule has 1 amide bonds. The molecule has 0 aliphatic carbocycles. The highest BCUT2D eigenvalue weighted by Gasteiger charge is 2.42. The van der Waals surface area contributed by atoms with Gasteiger partial charge < -0.3 is 4.90 Å². The van der Waals surface area contributed by atoms with Crippen molar-refractivity contribution in [2.75, 3.05) is 13.1 Å². The maximum absolute atomic E-state index is 12.5. The minimum Gasteiger partial charge on any atom is -0.312 e. The van der Waals surface area contributed by atoms with Crippen LogP contribution in [0.4, 0.5) is 0 Å². The molecule has 1 aliphatic heterocycles. The molecule has 1 aromatic carbocycles. The lowest BCUT2D eigenvalue weighted by Gasteiger charge is -2.35. The van der Waals surface area contributed by atoms with Crippen LogP contribution in [0.5, 0.6) is 0 Å². The molecule has 116 valence electrons. The normalized spacial score (nSPS) is 18.3. The highest BCUT2D eigenvalue weighted by Crippen LogP contribution is 2.28. The smallest absolute Gasteiger partial charge is 0.262 e. The molecule has 1 atom stereocenters. The average Bonchev–Trinajstić information content (AvgIpc) is 2.44. The van der Waals surface area contributed by atoms with Gasteiger partial charge in [0.2, 0.25) is 6.17 Å². The van der Waals surface area contributed by atoms with E-state index in [9.17, 15) is 4.79 Å². The molecule has 1 fully saturated rings. The van der Waals surface area contributed by atoms with Crippen LogP contribution in [0, 0.1) is 6.92 Å². The molecule has 21 heavy (non-hydrogen) atoms. The van der Waals surface area contributed by atoms with Crippen molar-refractivity contribution in [2.45, 2.75) is 36.1 Å². The van der Waals surface area contributed by atoms with E-state index in [-0.39, 0.29) is 5.91 Å². The van der Waals surface area contributed by atoms with Crippen LogP contribution in [0.1, 0.15) is 35.2 Å². The van der Waals surface area contributed by atoms with Crippen LogP contribution in [0.3, 0.4) is 0 Å². The maximum atomic E-state index is 12.5. The van der Waals surface area contributed by atoms with Crippen LogP contribution in [0.15, 0.2) is 24.3 Å². The zero-order valence-electron chi connectivity index (χ0n) is 12.0. The SMILES string of the molecule is Cc1ccccc1C(=O)N[C@H]([NH+]1CCCCC1)C(Cl)(Cl)Cl. The number of rotatable bonds is 3. The van der Waals surface area contributed by atoms with Crippen molar-refractivity contribution in [3.63, 3.8) is 0 Å². The molecule has 3 nitrogen and oxygen atoms in total. The Hall–Kier alpha value is -0.480. The number of benzene rings is 1. The zero-order valence-corrected chi connectivity index (χ0v) is 14.2. The Morgan fingerprint density at radius 1 is 1.19 bits per heavy atom. The number of aryl methyl sites for hydroxylation is 1. The number of alkyl halides is 3. The number of hydrogen-bond donors (Lipinski definition) is 2. The third kappa shape index (κ3) is 4.49. The van der Waals surface area contributed by atoms with Gasteiger partial charge in [-0.15, -0.1) is 0 Å². The van der Waals surface area contributed by atoms with E-state index >= 15 is 0 Å². The fourth-order valence-corrected chi connectivity index (χ4v) is 3.37. The van der Waals surface area contributed by atoms with Crippen molar-refractivity contribution in [2.24, 2.45) is 0 Å². The van der Waals surface area contributed by atoms with Crippen LogP contribution < -0.4 is 10.2 Å². The quantitative estimate of drug-likeness (QED) is 0.807. The van der Waals surface area contributed by atoms with Crippen LogP contribution in [-0.2, 0) is 0 Å². The summed E-state index contributed by atoms with van der Waals surface area (Å²) in [5.74, 6) is -0.192. The van der Waals surface area contributed by atoms with Gasteiger partial charge in [0.25, 0.3) is 9.70 Å². The van der Waals surface area contributed by atoms with Gasteiger partial charge in [0.15, 0.2) is 0 Å². The Balaban J connectivity index is 2.15. The molecule has 0 unspecified atom stereocenters. The number of piperidine rings is 1. The summed E-state index contributed by atoms with van der Waals surface area (Å²) in [6, 6.07) is 7.41. The highest BCUT2D eigenvalue weighted by molar-refractivity contribution is 6.68. The molecule has 1 heterocycles. The third-order valence-corrected chi connectivity index (χ3v) is 4.55. The largest absolute Gasteiger partial charge is 0.312 e. The van der Waals surface area contributed by atoms with Gasteiger partial charge in [-0.05, 0) is 37.8 Å². The lowest BCUT2D eigenvalue weighted by Crippen LogP contribution is -3.20. The van der Waals surface area contributed by atoms with Crippen molar-refractivity contribution < 1.29 is 9.69 Å². The summed E-state index contributed by atoms with van der Waals surface area (Å²) in [7, 11) is 0. The summed E-state index contributed by atoms with van der Waals surface area (Å²) in [4.78, 5) is 13.6. The summed E-state index contributed by atoms with van der Waals surface area (Å²) in [6.45, 7) is 3.71. The molecule has 0 spiro atoms. The second kappa shape index (κ2) is 7.19. The summed E-state index contributed by atoms with van der Waals surface area (Å²) < 4.78 is -1.52. The van der Waals surface area contributed by atoms with Gasteiger partial charge in [-0.3, -0.25) is 10.1 Å². The maximum Gasteiger partial charge on any atom is 0.262 e. The van der Waals surface area contributed by atoms with Gasteiger partial charge >= 0.3 is 0 Å². The molecule has 6 heteroatoms. The third-order valence-electron chi connectivity index (χ3n) is 3.90. The summed E-state index contributed by atoms with van der Waals surface area (Å²) in [5.41, 5.74) is 1.53. The van der Waals surface area contributed by atoms with Gasteiger partial charge in [0, 0.05) is 5.56 Å². The lowest BCUT2D eigenvalue weighted by molar-refractivity contribution is -0.931. The van der Waals surface area contributed by atoms with E-state index in [0.29, 0.717) is 5.56 Å². The van der Waals surface area contributed by atoms with Crippen LogP contribution >= 0.6 is 34.8 Å². The summed E-state index contributed by atoms with van der Waals surface area (Å²) in [5, 5.41) is 2.91. The van der Waals surface area contributed by atoms with Crippen molar-refractivity contribution in [1.29, 1.82) is 0 Å². The molecule has 0 radical (unpaired) electrons. The standard InChI is InChI=1S/C15H19Cl3N2O/c1-11-7-3-4-8-12(11)13(21)19-14(15(16,17)18)20-9-5-2-6-10-20/h3-4,7-8,14H,2,5-6,9-10H2,1H3,(H,19,21)/p+1/t14-/m1/s1. The minimum absolute atomic E-state index is 0.192. The molecule has 0 saturated carbocycles. The predicted molar refractivity (Wildman–Crippen MR) is 87.3 cm³/mol. The number of quaternary nitrogens is 1. The predicted octanol–water partition coefficient (Wildman–Crippen LogP) is 2.49. The molecule has 2 rings (SSSR count). The van der Waals surface area contributed by atoms with Crippen LogP contribution in [0.25, 0.3) is 0 Å². The van der Waals surface area contributed by atoms with Crippen molar-refractivity contribution in [1.82, 2.24) is 5.32 Å². The minimum atomic E-state index is -1.52. The molecule has 1 aromatic rings. The fourth-order valence-electron chi connectivity index (χ4n) is 2.75. The van der Waals surface area contributed by atoms with E-state index in [1.54, 1.807) is 6.07 Å². The second-order valence-electron chi connectivity index (χ2n) is 5.48. The number of hydrogen-bond acceptors (Lipinski definition) is 1. The Morgan fingerprint density at radius 2 is 1.81 bits per heavy atom. The zero-order chi connectivity index (χ0) is 15.5. The average molecular weight is 351 g/mol. The number of carbonyl (C=O) groups excluding carboxylic acids is 1. The fraction of sp³-hybridized carbons (Fsp3) is 0.533. The topological polar surface area (TPSA) is 33.5 Å². The Bertz CT molecular complexity index is 496.